The molecule has 0 amide bonds. The molecule has 5 heteroatoms. The SMILES string of the molecule is CCC1CSC(Nc2ccc(F)c(Br)c2)=N1. The zero-order valence-electron chi connectivity index (χ0n) is 8.84. The highest BCUT2D eigenvalue weighted by Gasteiger charge is 2.16. The van der Waals surface area contributed by atoms with E-state index in [1.807, 2.05) is 0 Å². The Morgan fingerprint density at radius 2 is 2.44 bits per heavy atom. The molecule has 0 radical (unpaired) electrons. The van der Waals surface area contributed by atoms with E-state index in [0.717, 1.165) is 23.0 Å². The number of hydrogen-bond donors (Lipinski definition) is 1. The molecule has 0 saturated carbocycles. The summed E-state index contributed by atoms with van der Waals surface area (Å²) < 4.78 is 13.5. The summed E-state index contributed by atoms with van der Waals surface area (Å²) in [6.45, 7) is 2.13. The van der Waals surface area contributed by atoms with Crippen LogP contribution in [0.15, 0.2) is 27.7 Å². The summed E-state index contributed by atoms with van der Waals surface area (Å²) in [5.74, 6) is 0.777. The van der Waals surface area contributed by atoms with Gasteiger partial charge < -0.3 is 5.32 Å². The summed E-state index contributed by atoms with van der Waals surface area (Å²) >= 11 is 4.87. The van der Waals surface area contributed by atoms with E-state index in [1.54, 1.807) is 23.9 Å². The molecular weight excluding hydrogens is 291 g/mol. The molecule has 16 heavy (non-hydrogen) atoms. The van der Waals surface area contributed by atoms with Gasteiger partial charge in [0.25, 0.3) is 0 Å². The van der Waals surface area contributed by atoms with Crippen LogP contribution in [0.2, 0.25) is 0 Å². The fourth-order valence-corrected chi connectivity index (χ4v) is 2.84. The summed E-state index contributed by atoms with van der Waals surface area (Å²) in [6.07, 6.45) is 1.06. The zero-order chi connectivity index (χ0) is 11.5. The number of halogens is 2. The summed E-state index contributed by atoms with van der Waals surface area (Å²) in [5.41, 5.74) is 0.858. The molecule has 1 aliphatic heterocycles. The van der Waals surface area contributed by atoms with Crippen LogP contribution in [0.3, 0.4) is 0 Å². The van der Waals surface area contributed by atoms with E-state index in [0.29, 0.717) is 10.5 Å². The Balaban J connectivity index is 2.07. The summed E-state index contributed by atoms with van der Waals surface area (Å²) in [7, 11) is 0. The van der Waals surface area contributed by atoms with Crippen molar-refractivity contribution < 1.29 is 4.39 Å². The van der Waals surface area contributed by atoms with Crippen molar-refractivity contribution >= 4 is 38.5 Å². The molecule has 1 N–H and O–H groups in total. The number of nitrogens with one attached hydrogen (secondary N) is 1. The quantitative estimate of drug-likeness (QED) is 0.896. The fourth-order valence-electron chi connectivity index (χ4n) is 1.39. The topological polar surface area (TPSA) is 24.4 Å². The van der Waals surface area contributed by atoms with Crippen molar-refractivity contribution in [1.29, 1.82) is 0 Å². The van der Waals surface area contributed by atoms with E-state index in [1.165, 1.54) is 6.07 Å². The van der Waals surface area contributed by atoms with E-state index in [4.69, 9.17) is 0 Å². The van der Waals surface area contributed by atoms with Gasteiger partial charge in [0.15, 0.2) is 5.17 Å². The van der Waals surface area contributed by atoms with E-state index in [9.17, 15) is 4.39 Å². The van der Waals surface area contributed by atoms with Crippen LogP contribution < -0.4 is 5.32 Å². The molecule has 0 spiro atoms. The first-order valence-electron chi connectivity index (χ1n) is 5.11. The van der Waals surface area contributed by atoms with Gasteiger partial charge in [-0.3, -0.25) is 4.99 Å². The molecule has 1 aromatic carbocycles. The van der Waals surface area contributed by atoms with Crippen LogP contribution in [0.1, 0.15) is 13.3 Å². The van der Waals surface area contributed by atoms with E-state index in [2.05, 4.69) is 33.2 Å². The number of aliphatic imine (C=N–C) groups is 1. The van der Waals surface area contributed by atoms with Gasteiger partial charge in [-0.1, -0.05) is 18.7 Å². The van der Waals surface area contributed by atoms with Gasteiger partial charge >= 0.3 is 0 Å². The van der Waals surface area contributed by atoms with Crippen molar-refractivity contribution in [1.82, 2.24) is 0 Å². The number of rotatable bonds is 2. The standard InChI is InChI=1S/C11H12BrFN2S/c1-2-7-6-16-11(14-7)15-8-3-4-10(13)9(12)5-8/h3-5,7H,2,6H2,1H3,(H,14,15). The first kappa shape index (κ1) is 11.9. The van der Waals surface area contributed by atoms with Crippen LogP contribution in [0.4, 0.5) is 10.1 Å². The van der Waals surface area contributed by atoms with Crippen molar-refractivity contribution in [2.45, 2.75) is 19.4 Å². The smallest absolute Gasteiger partial charge is 0.161 e. The highest BCUT2D eigenvalue weighted by Crippen LogP contribution is 2.24. The Morgan fingerprint density at radius 1 is 1.62 bits per heavy atom. The molecule has 0 aliphatic carbocycles. The summed E-state index contributed by atoms with van der Waals surface area (Å²) in [6, 6.07) is 5.28. The predicted octanol–water partition coefficient (Wildman–Crippen LogP) is 3.88. The second-order valence-electron chi connectivity index (χ2n) is 3.56. The molecule has 1 heterocycles. The van der Waals surface area contributed by atoms with Crippen molar-refractivity contribution in [2.24, 2.45) is 4.99 Å². The molecule has 1 atom stereocenters. The van der Waals surface area contributed by atoms with Gasteiger partial charge in [0.2, 0.25) is 0 Å². The molecule has 0 aromatic heterocycles. The minimum atomic E-state index is -0.252. The molecule has 0 fully saturated rings. The average molecular weight is 303 g/mol. The molecule has 0 saturated heterocycles. The Bertz CT molecular complexity index is 422. The minimum absolute atomic E-state index is 0.252. The number of nitrogens with zero attached hydrogens (tertiary/aromatic N) is 1. The Hall–Kier alpha value is -0.550. The molecule has 86 valence electrons. The van der Waals surface area contributed by atoms with E-state index in [-0.39, 0.29) is 5.82 Å². The zero-order valence-corrected chi connectivity index (χ0v) is 11.2. The number of anilines is 1. The largest absolute Gasteiger partial charge is 0.335 e. The fraction of sp³-hybridized carbons (Fsp3) is 0.364. The molecule has 2 rings (SSSR count). The molecule has 1 aliphatic rings. The van der Waals surface area contributed by atoms with Gasteiger partial charge in [0, 0.05) is 11.4 Å². The second-order valence-corrected chi connectivity index (χ2v) is 5.42. The van der Waals surface area contributed by atoms with E-state index >= 15 is 0 Å². The summed E-state index contributed by atoms with van der Waals surface area (Å²) in [4.78, 5) is 4.51. The lowest BCUT2D eigenvalue weighted by molar-refractivity contribution is 0.621. The van der Waals surface area contributed by atoms with Crippen molar-refractivity contribution in [3.8, 4) is 0 Å². The number of hydrogen-bond acceptors (Lipinski definition) is 3. The third-order valence-corrected chi connectivity index (χ3v) is 3.99. The van der Waals surface area contributed by atoms with E-state index < -0.39 is 0 Å². The van der Waals surface area contributed by atoms with Crippen molar-refractivity contribution in [3.63, 3.8) is 0 Å². The third kappa shape index (κ3) is 2.77. The molecule has 1 aromatic rings. The minimum Gasteiger partial charge on any atom is -0.335 e. The number of amidine groups is 1. The Morgan fingerprint density at radius 3 is 3.06 bits per heavy atom. The number of thioether (sulfide) groups is 1. The predicted molar refractivity (Wildman–Crippen MR) is 71.7 cm³/mol. The van der Waals surface area contributed by atoms with Crippen LogP contribution in [0.5, 0.6) is 0 Å². The molecular formula is C11H12BrFN2S. The molecule has 1 unspecified atom stereocenters. The molecule has 2 nitrogen and oxygen atoms in total. The Labute approximate surface area is 107 Å². The van der Waals surface area contributed by atoms with Crippen molar-refractivity contribution in [3.05, 3.63) is 28.5 Å². The molecule has 0 bridgehead atoms. The maximum absolute atomic E-state index is 13.0. The van der Waals surface area contributed by atoms with Crippen LogP contribution in [-0.4, -0.2) is 17.0 Å². The maximum atomic E-state index is 13.0. The van der Waals surface area contributed by atoms with Crippen LogP contribution in [0.25, 0.3) is 0 Å². The highest BCUT2D eigenvalue weighted by atomic mass is 79.9. The first-order chi connectivity index (χ1) is 7.69. The lowest BCUT2D eigenvalue weighted by atomic mass is 10.3. The van der Waals surface area contributed by atoms with Gasteiger partial charge in [-0.05, 0) is 40.5 Å². The van der Waals surface area contributed by atoms with Crippen molar-refractivity contribution in [2.75, 3.05) is 11.1 Å². The average Bonchev–Trinajstić information content (AvgIpc) is 2.71. The summed E-state index contributed by atoms with van der Waals surface area (Å²) in [5, 5.41) is 4.11. The van der Waals surface area contributed by atoms with Gasteiger partial charge in [-0.2, -0.15) is 0 Å². The maximum Gasteiger partial charge on any atom is 0.161 e. The monoisotopic (exact) mass is 302 g/mol. The number of benzene rings is 1. The normalized spacial score (nSPS) is 19.7. The van der Waals surface area contributed by atoms with Crippen LogP contribution >= 0.6 is 27.7 Å². The van der Waals surface area contributed by atoms with Crippen LogP contribution in [-0.2, 0) is 0 Å². The first-order valence-corrected chi connectivity index (χ1v) is 6.89. The van der Waals surface area contributed by atoms with Crippen LogP contribution in [0, 0.1) is 5.82 Å². The second kappa shape index (κ2) is 5.19. The third-order valence-electron chi connectivity index (χ3n) is 2.35. The highest BCUT2D eigenvalue weighted by molar-refractivity contribution is 9.10. The van der Waals surface area contributed by atoms with Gasteiger partial charge in [-0.25, -0.2) is 4.39 Å². The van der Waals surface area contributed by atoms with Gasteiger partial charge in [0.1, 0.15) is 5.82 Å². The lowest BCUT2D eigenvalue weighted by Gasteiger charge is -2.05. The van der Waals surface area contributed by atoms with Gasteiger partial charge in [-0.15, -0.1) is 0 Å². The van der Waals surface area contributed by atoms with Gasteiger partial charge in [0.05, 0.1) is 10.5 Å². The lowest BCUT2D eigenvalue weighted by Crippen LogP contribution is -2.05. The Kier molecular flexibility index (Phi) is 3.86.